The van der Waals surface area contributed by atoms with E-state index in [2.05, 4.69) is 5.32 Å². The number of hydrogen-bond donors (Lipinski definition) is 4. The van der Waals surface area contributed by atoms with E-state index in [9.17, 15) is 18.0 Å². The van der Waals surface area contributed by atoms with E-state index in [4.69, 9.17) is 10.9 Å². The number of thiophene rings is 1. The van der Waals surface area contributed by atoms with E-state index in [0.29, 0.717) is 42.2 Å². The Kier molecular flexibility index (Phi) is 8.49. The number of hydrogen-bond acceptors (Lipinski definition) is 7. The zero-order chi connectivity index (χ0) is 25.8. The molecule has 1 saturated heterocycles. The first kappa shape index (κ1) is 26.8. The number of hydroxylamine groups is 1. The van der Waals surface area contributed by atoms with E-state index >= 15 is 0 Å². The van der Waals surface area contributed by atoms with Gasteiger partial charge in [-0.25, -0.2) is 13.9 Å². The van der Waals surface area contributed by atoms with Crippen molar-refractivity contribution in [1.29, 1.82) is 0 Å². The summed E-state index contributed by atoms with van der Waals surface area (Å²) in [6.45, 7) is 0. The molecule has 1 aliphatic heterocycles. The summed E-state index contributed by atoms with van der Waals surface area (Å²) in [5.41, 5.74) is 9.26. The summed E-state index contributed by atoms with van der Waals surface area (Å²) >= 11 is 1.33. The average Bonchev–Trinajstić information content (AvgIpc) is 3.37. The summed E-state index contributed by atoms with van der Waals surface area (Å²) in [6, 6.07) is 10.4. The second kappa shape index (κ2) is 11.4. The van der Waals surface area contributed by atoms with Gasteiger partial charge in [0, 0.05) is 15.4 Å². The lowest BCUT2D eigenvalue weighted by Gasteiger charge is -2.35. The second-order valence-electron chi connectivity index (χ2n) is 10.1. The van der Waals surface area contributed by atoms with Crippen LogP contribution in [0.25, 0.3) is 10.4 Å². The zero-order valence-electron chi connectivity index (χ0n) is 20.4. The van der Waals surface area contributed by atoms with Crippen LogP contribution in [0.15, 0.2) is 36.4 Å². The van der Waals surface area contributed by atoms with Gasteiger partial charge in [-0.05, 0) is 55.0 Å². The summed E-state index contributed by atoms with van der Waals surface area (Å²) in [6.07, 6.45) is 7.89. The highest BCUT2D eigenvalue weighted by molar-refractivity contribution is 7.92. The van der Waals surface area contributed by atoms with E-state index in [0.717, 1.165) is 23.3 Å². The van der Waals surface area contributed by atoms with Gasteiger partial charge in [-0.15, -0.1) is 11.3 Å². The molecule has 10 heteroatoms. The standard InChI is InChI=1S/C26H35N3O5S2/c27-21(15-18-7-2-1-3-8-18)25(31)28-20-10-6-9-19(16-20)22-11-12-23(35-22)26(17-24(30)29-32)13-4-5-14-36(26,33)34/h6,9-12,16,18,21,32H,1-5,7-8,13-15,17,27H2,(H,28,31)(H,29,30)/t21-,26-/m0/s1. The number of carbonyl (C=O) groups excluding carboxylic acids is 2. The monoisotopic (exact) mass is 533 g/mol. The minimum absolute atomic E-state index is 0.0154. The Morgan fingerprint density at radius 3 is 2.61 bits per heavy atom. The number of sulfone groups is 1. The van der Waals surface area contributed by atoms with Gasteiger partial charge in [0.15, 0.2) is 9.84 Å². The first-order valence-electron chi connectivity index (χ1n) is 12.7. The zero-order valence-corrected chi connectivity index (χ0v) is 22.0. The molecule has 2 aliphatic rings. The molecule has 36 heavy (non-hydrogen) atoms. The fourth-order valence-corrected chi connectivity index (χ4v) is 9.30. The molecule has 2 amide bonds. The summed E-state index contributed by atoms with van der Waals surface area (Å²) < 4.78 is 25.0. The Labute approximate surface area is 216 Å². The van der Waals surface area contributed by atoms with Crippen LogP contribution in [-0.4, -0.2) is 37.2 Å². The number of carbonyl (C=O) groups is 2. The van der Waals surface area contributed by atoms with Crippen molar-refractivity contribution in [2.45, 2.75) is 75.0 Å². The molecular weight excluding hydrogens is 498 g/mol. The lowest BCUT2D eigenvalue weighted by Crippen LogP contribution is -2.43. The molecule has 5 N–H and O–H groups in total. The first-order valence-corrected chi connectivity index (χ1v) is 15.1. The van der Waals surface area contributed by atoms with Gasteiger partial charge >= 0.3 is 0 Å². The molecule has 0 spiro atoms. The molecule has 1 aromatic carbocycles. The van der Waals surface area contributed by atoms with Crippen molar-refractivity contribution in [2.24, 2.45) is 11.7 Å². The van der Waals surface area contributed by atoms with Crippen molar-refractivity contribution in [2.75, 3.05) is 11.1 Å². The van der Waals surface area contributed by atoms with Crippen LogP contribution >= 0.6 is 11.3 Å². The van der Waals surface area contributed by atoms with Crippen LogP contribution in [0.3, 0.4) is 0 Å². The van der Waals surface area contributed by atoms with Crippen LogP contribution in [0.5, 0.6) is 0 Å². The van der Waals surface area contributed by atoms with Crippen LogP contribution in [0.1, 0.15) is 69.1 Å². The van der Waals surface area contributed by atoms with Crippen molar-refractivity contribution >= 4 is 38.7 Å². The average molecular weight is 534 g/mol. The number of nitrogens with one attached hydrogen (secondary N) is 2. The van der Waals surface area contributed by atoms with Gasteiger partial charge in [-0.1, -0.05) is 50.7 Å². The maximum absolute atomic E-state index is 13.2. The fraction of sp³-hybridized carbons (Fsp3) is 0.538. The Balaban J connectivity index is 1.52. The summed E-state index contributed by atoms with van der Waals surface area (Å²) in [4.78, 5) is 26.2. The van der Waals surface area contributed by atoms with E-state index in [1.807, 2.05) is 30.3 Å². The lowest BCUT2D eigenvalue weighted by molar-refractivity contribution is -0.130. The molecule has 1 aromatic heterocycles. The number of nitrogens with two attached hydrogens (primary N) is 1. The van der Waals surface area contributed by atoms with Crippen LogP contribution in [0.2, 0.25) is 0 Å². The van der Waals surface area contributed by atoms with Gasteiger partial charge in [0.2, 0.25) is 11.8 Å². The molecule has 2 atom stereocenters. The third-order valence-corrected chi connectivity index (χ3v) is 11.6. The Morgan fingerprint density at radius 1 is 1.11 bits per heavy atom. The number of amides is 2. The predicted octanol–water partition coefficient (Wildman–Crippen LogP) is 4.34. The minimum Gasteiger partial charge on any atom is -0.325 e. The van der Waals surface area contributed by atoms with Crippen molar-refractivity contribution in [3.63, 3.8) is 0 Å². The third-order valence-electron chi connectivity index (χ3n) is 7.53. The molecule has 8 nitrogen and oxygen atoms in total. The number of anilines is 1. The summed E-state index contributed by atoms with van der Waals surface area (Å²) in [7, 11) is -3.59. The molecule has 4 rings (SSSR count). The highest BCUT2D eigenvalue weighted by Gasteiger charge is 2.49. The highest BCUT2D eigenvalue weighted by atomic mass is 32.2. The molecule has 0 unspecified atom stereocenters. The third kappa shape index (κ3) is 5.82. The molecule has 0 bridgehead atoms. The molecule has 2 aromatic rings. The molecule has 1 saturated carbocycles. The predicted molar refractivity (Wildman–Crippen MR) is 141 cm³/mol. The van der Waals surface area contributed by atoms with E-state index in [1.165, 1.54) is 30.6 Å². The van der Waals surface area contributed by atoms with Crippen molar-refractivity contribution < 1.29 is 23.2 Å². The van der Waals surface area contributed by atoms with E-state index in [1.54, 1.807) is 11.5 Å². The first-order chi connectivity index (χ1) is 17.2. The van der Waals surface area contributed by atoms with E-state index < -0.39 is 26.5 Å². The van der Waals surface area contributed by atoms with Crippen molar-refractivity contribution in [3.05, 3.63) is 41.3 Å². The lowest BCUT2D eigenvalue weighted by atomic mass is 9.85. The molecule has 2 heterocycles. The van der Waals surface area contributed by atoms with Crippen LogP contribution in [0.4, 0.5) is 5.69 Å². The topological polar surface area (TPSA) is 139 Å². The summed E-state index contributed by atoms with van der Waals surface area (Å²) in [5.74, 6) is -0.398. The maximum atomic E-state index is 13.2. The van der Waals surface area contributed by atoms with Gasteiger partial charge in [-0.3, -0.25) is 14.8 Å². The molecule has 0 radical (unpaired) electrons. The van der Waals surface area contributed by atoms with Crippen molar-refractivity contribution in [3.8, 4) is 10.4 Å². The van der Waals surface area contributed by atoms with Gasteiger partial charge in [0.1, 0.15) is 4.75 Å². The Morgan fingerprint density at radius 2 is 1.89 bits per heavy atom. The second-order valence-corrected chi connectivity index (χ2v) is 13.6. The number of benzene rings is 1. The summed E-state index contributed by atoms with van der Waals surface area (Å²) in [5, 5.41) is 12.0. The van der Waals surface area contributed by atoms with Gasteiger partial charge in [-0.2, -0.15) is 0 Å². The molecular formula is C26H35N3O5S2. The Bertz CT molecular complexity index is 1190. The normalized spacial score (nSPS) is 23.1. The van der Waals surface area contributed by atoms with E-state index in [-0.39, 0.29) is 18.1 Å². The number of rotatable bonds is 8. The fourth-order valence-electron chi connectivity index (χ4n) is 5.53. The van der Waals surface area contributed by atoms with Gasteiger partial charge < -0.3 is 11.1 Å². The smallest absolute Gasteiger partial charge is 0.245 e. The van der Waals surface area contributed by atoms with Gasteiger partial charge in [0.25, 0.3) is 0 Å². The molecule has 2 fully saturated rings. The molecule has 1 aliphatic carbocycles. The van der Waals surface area contributed by atoms with Crippen LogP contribution < -0.4 is 16.5 Å². The van der Waals surface area contributed by atoms with Crippen molar-refractivity contribution in [1.82, 2.24) is 5.48 Å². The van der Waals surface area contributed by atoms with Crippen LogP contribution in [0, 0.1) is 5.92 Å². The highest BCUT2D eigenvalue weighted by Crippen LogP contribution is 2.47. The van der Waals surface area contributed by atoms with Crippen LogP contribution in [-0.2, 0) is 24.2 Å². The van der Waals surface area contributed by atoms with Gasteiger partial charge in [0.05, 0.1) is 18.2 Å². The Hall–Kier alpha value is -2.27. The maximum Gasteiger partial charge on any atom is 0.245 e. The SMILES string of the molecule is N[C@@H](CC1CCCCC1)C(=O)Nc1cccc(-c2ccc([C@@]3(CC(=O)NO)CCCCS3(=O)=O)s2)c1. The largest absolute Gasteiger partial charge is 0.325 e. The minimum atomic E-state index is -3.59. The molecule has 196 valence electrons. The quantitative estimate of drug-likeness (QED) is 0.294.